The van der Waals surface area contributed by atoms with Crippen molar-refractivity contribution in [3.05, 3.63) is 74.6 Å². The maximum absolute atomic E-state index is 13.1. The zero-order valence-electron chi connectivity index (χ0n) is 20.0. The molecule has 35 heavy (non-hydrogen) atoms. The summed E-state index contributed by atoms with van der Waals surface area (Å²) in [5.41, 5.74) is 4.46. The van der Waals surface area contributed by atoms with Crippen LogP contribution in [-0.2, 0) is 13.1 Å². The van der Waals surface area contributed by atoms with Crippen LogP contribution in [0.2, 0.25) is 0 Å². The van der Waals surface area contributed by atoms with Gasteiger partial charge in [-0.3, -0.25) is 14.6 Å². The zero-order valence-corrected chi connectivity index (χ0v) is 20.8. The number of aryl methyl sites for hydroxylation is 2. The van der Waals surface area contributed by atoms with Crippen LogP contribution in [0.5, 0.6) is 11.5 Å². The molecule has 0 unspecified atom stereocenters. The topological polar surface area (TPSA) is 70.7 Å². The Morgan fingerprint density at radius 3 is 2.43 bits per heavy atom. The van der Waals surface area contributed by atoms with E-state index >= 15 is 0 Å². The Morgan fingerprint density at radius 1 is 0.943 bits per heavy atom. The third-order valence-corrected chi connectivity index (χ3v) is 7.81. The van der Waals surface area contributed by atoms with E-state index in [1.807, 2.05) is 6.07 Å². The monoisotopic (exact) mass is 488 g/mol. The molecular formula is C27H28N4O3S. The van der Waals surface area contributed by atoms with E-state index < -0.39 is 0 Å². The minimum Gasteiger partial charge on any atom is -0.454 e. The minimum atomic E-state index is -0.0497. The van der Waals surface area contributed by atoms with Crippen LogP contribution >= 0.6 is 11.3 Å². The number of ether oxygens (including phenoxy) is 2. The van der Waals surface area contributed by atoms with Crippen molar-refractivity contribution in [2.45, 2.75) is 26.9 Å². The molecule has 0 saturated carbocycles. The average Bonchev–Trinajstić information content (AvgIpc) is 3.44. The van der Waals surface area contributed by atoms with Crippen molar-refractivity contribution in [2.24, 2.45) is 0 Å². The van der Waals surface area contributed by atoms with Crippen LogP contribution in [0.25, 0.3) is 21.3 Å². The Balaban J connectivity index is 1.13. The third-order valence-electron chi connectivity index (χ3n) is 6.81. The Labute approximate surface area is 207 Å². The van der Waals surface area contributed by atoms with E-state index in [1.165, 1.54) is 11.1 Å². The fourth-order valence-electron chi connectivity index (χ4n) is 4.92. The number of aromatic amines is 1. The van der Waals surface area contributed by atoms with Gasteiger partial charge >= 0.3 is 0 Å². The molecule has 0 atom stereocenters. The Morgan fingerprint density at radius 2 is 1.66 bits per heavy atom. The lowest BCUT2D eigenvalue weighted by molar-refractivity contribution is 0.120. The summed E-state index contributed by atoms with van der Waals surface area (Å²) >= 11 is 1.60. The van der Waals surface area contributed by atoms with Crippen LogP contribution in [0.4, 0.5) is 0 Å². The summed E-state index contributed by atoms with van der Waals surface area (Å²) < 4.78 is 10.9. The number of aromatic nitrogens is 2. The highest BCUT2D eigenvalue weighted by molar-refractivity contribution is 7.19. The summed E-state index contributed by atoms with van der Waals surface area (Å²) in [6.45, 7) is 9.79. The molecule has 0 spiro atoms. The van der Waals surface area contributed by atoms with E-state index in [2.05, 4.69) is 65.0 Å². The molecule has 0 amide bonds. The number of hydrogen-bond donors (Lipinski definition) is 1. The average molecular weight is 489 g/mol. The minimum absolute atomic E-state index is 0.0497. The van der Waals surface area contributed by atoms with Gasteiger partial charge in [0.05, 0.1) is 11.9 Å². The normalized spacial score (nSPS) is 16.3. The predicted molar refractivity (Wildman–Crippen MR) is 138 cm³/mol. The van der Waals surface area contributed by atoms with Gasteiger partial charge in [-0.25, -0.2) is 4.98 Å². The van der Waals surface area contributed by atoms with Gasteiger partial charge in [-0.15, -0.1) is 11.3 Å². The van der Waals surface area contributed by atoms with Gasteiger partial charge < -0.3 is 14.5 Å². The second-order valence-corrected chi connectivity index (χ2v) is 10.5. The van der Waals surface area contributed by atoms with Gasteiger partial charge in [0.15, 0.2) is 11.5 Å². The van der Waals surface area contributed by atoms with Crippen molar-refractivity contribution in [1.82, 2.24) is 19.8 Å². The molecule has 1 fully saturated rings. The zero-order chi connectivity index (χ0) is 23.9. The first-order chi connectivity index (χ1) is 17.0. The number of rotatable bonds is 5. The van der Waals surface area contributed by atoms with Gasteiger partial charge in [0.1, 0.15) is 10.7 Å². The number of hydrogen-bond acceptors (Lipinski definition) is 7. The molecule has 0 radical (unpaired) electrons. The van der Waals surface area contributed by atoms with Crippen LogP contribution < -0.4 is 15.0 Å². The van der Waals surface area contributed by atoms with E-state index in [0.29, 0.717) is 18.7 Å². The van der Waals surface area contributed by atoms with Crippen molar-refractivity contribution in [3.8, 4) is 22.6 Å². The number of nitrogens with one attached hydrogen (secondary N) is 1. The first-order valence-electron chi connectivity index (χ1n) is 12.0. The lowest BCUT2D eigenvalue weighted by Crippen LogP contribution is -2.45. The molecule has 4 aromatic rings. The molecule has 6 rings (SSSR count). The quantitative estimate of drug-likeness (QED) is 0.451. The Bertz CT molecular complexity index is 1440. The molecule has 7 nitrogen and oxygen atoms in total. The lowest BCUT2D eigenvalue weighted by Gasteiger charge is -2.34. The molecule has 8 heteroatoms. The second kappa shape index (κ2) is 9.11. The first-order valence-corrected chi connectivity index (χ1v) is 12.8. The van der Waals surface area contributed by atoms with Crippen LogP contribution in [0, 0.1) is 13.8 Å². The summed E-state index contributed by atoms with van der Waals surface area (Å²) in [4.78, 5) is 27.8. The van der Waals surface area contributed by atoms with Gasteiger partial charge in [0.2, 0.25) is 6.79 Å². The smallest absolute Gasteiger partial charge is 0.260 e. The highest BCUT2D eigenvalue weighted by atomic mass is 32.1. The van der Waals surface area contributed by atoms with Crippen LogP contribution in [0.1, 0.15) is 21.8 Å². The fraction of sp³-hybridized carbons (Fsp3) is 0.333. The number of thiophene rings is 1. The van der Waals surface area contributed by atoms with Gasteiger partial charge in [0, 0.05) is 43.2 Å². The van der Waals surface area contributed by atoms with Crippen molar-refractivity contribution >= 4 is 21.6 Å². The van der Waals surface area contributed by atoms with Gasteiger partial charge in [-0.2, -0.15) is 0 Å². The molecule has 0 bridgehead atoms. The summed E-state index contributed by atoms with van der Waals surface area (Å²) in [6, 6.07) is 14.5. The Kier molecular flexibility index (Phi) is 5.80. The van der Waals surface area contributed by atoms with Gasteiger partial charge in [-0.05, 0) is 37.1 Å². The maximum Gasteiger partial charge on any atom is 0.260 e. The van der Waals surface area contributed by atoms with Gasteiger partial charge in [0.25, 0.3) is 5.56 Å². The fourth-order valence-corrected chi connectivity index (χ4v) is 5.99. The molecule has 4 heterocycles. The van der Waals surface area contributed by atoms with E-state index in [1.54, 1.807) is 11.3 Å². The Hall–Kier alpha value is -3.20. The standard InChI is InChI=1S/C27H28N4O3S/c1-17-3-6-20(7-4-17)24-18(2)35-27-25(24)26(32)28-23(29-27)15-31-11-9-30(10-12-31)14-19-5-8-21-22(13-19)34-16-33-21/h3-8,13H,9-12,14-16H2,1-2H3,(H,28,29,32). The van der Waals surface area contributed by atoms with E-state index in [0.717, 1.165) is 70.9 Å². The molecule has 2 aliphatic rings. The molecule has 0 aliphatic carbocycles. The number of piperazine rings is 1. The molecule has 1 saturated heterocycles. The van der Waals surface area contributed by atoms with E-state index in [9.17, 15) is 4.79 Å². The number of benzene rings is 2. The molecule has 2 aromatic carbocycles. The summed E-state index contributed by atoms with van der Waals surface area (Å²) in [5.74, 6) is 2.40. The highest BCUT2D eigenvalue weighted by Gasteiger charge is 2.21. The highest BCUT2D eigenvalue weighted by Crippen LogP contribution is 2.36. The molecule has 1 N–H and O–H groups in total. The van der Waals surface area contributed by atoms with Crippen LogP contribution in [-0.4, -0.2) is 52.7 Å². The first kappa shape index (κ1) is 22.3. The molecular weight excluding hydrogens is 460 g/mol. The number of fused-ring (bicyclic) bond motifs is 2. The summed E-state index contributed by atoms with van der Waals surface area (Å²) in [7, 11) is 0. The molecule has 2 aliphatic heterocycles. The van der Waals surface area contributed by atoms with Crippen LogP contribution in [0.15, 0.2) is 47.3 Å². The van der Waals surface area contributed by atoms with E-state index in [4.69, 9.17) is 14.5 Å². The van der Waals surface area contributed by atoms with Crippen molar-refractivity contribution in [3.63, 3.8) is 0 Å². The largest absolute Gasteiger partial charge is 0.454 e. The maximum atomic E-state index is 13.1. The summed E-state index contributed by atoms with van der Waals surface area (Å²) in [5, 5.41) is 0.702. The van der Waals surface area contributed by atoms with Crippen molar-refractivity contribution < 1.29 is 9.47 Å². The second-order valence-electron chi connectivity index (χ2n) is 9.33. The molecule has 180 valence electrons. The summed E-state index contributed by atoms with van der Waals surface area (Å²) in [6.07, 6.45) is 0. The van der Waals surface area contributed by atoms with Gasteiger partial charge in [-0.1, -0.05) is 35.9 Å². The number of nitrogens with zero attached hydrogens (tertiary/aromatic N) is 3. The predicted octanol–water partition coefficient (Wildman–Crippen LogP) is 4.31. The third kappa shape index (κ3) is 4.45. The van der Waals surface area contributed by atoms with Crippen molar-refractivity contribution in [1.29, 1.82) is 0 Å². The molecule has 2 aromatic heterocycles. The van der Waals surface area contributed by atoms with E-state index in [-0.39, 0.29) is 5.56 Å². The SMILES string of the molecule is Cc1ccc(-c2c(C)sc3nc(CN4CCN(Cc5ccc6c(c5)OCO6)CC4)[nH]c(=O)c23)cc1. The lowest BCUT2D eigenvalue weighted by atomic mass is 10.0. The van der Waals surface area contributed by atoms with Crippen molar-refractivity contribution in [2.75, 3.05) is 33.0 Å². The number of H-pyrrole nitrogens is 1. The van der Waals surface area contributed by atoms with Crippen LogP contribution in [0.3, 0.4) is 0 Å².